The number of halogens is 2. The highest BCUT2D eigenvalue weighted by molar-refractivity contribution is 6.32. The van der Waals surface area contributed by atoms with Gasteiger partial charge in [-0.3, -0.25) is 9.59 Å². The van der Waals surface area contributed by atoms with Gasteiger partial charge in [-0.25, -0.2) is 4.39 Å². The number of benzene rings is 2. The maximum absolute atomic E-state index is 15.4. The standard InChI is InChI=1S/C26H29ClFNO4/c1-25(2,3)23(24(31)33-26(4,5)6)16-14-21-17(13-19(16)28)22(30)10-11-29(21)20-9-8-15(32-7)12-18(20)27/h8-14,23H,1-7H3. The van der Waals surface area contributed by atoms with Crippen LogP contribution in [0.5, 0.6) is 5.75 Å². The lowest BCUT2D eigenvalue weighted by Gasteiger charge is -2.32. The van der Waals surface area contributed by atoms with Crippen LogP contribution in [0.15, 0.2) is 47.4 Å². The minimum Gasteiger partial charge on any atom is -0.497 e. The summed E-state index contributed by atoms with van der Waals surface area (Å²) in [6.07, 6.45) is 1.58. The Morgan fingerprint density at radius 1 is 1.06 bits per heavy atom. The maximum atomic E-state index is 15.4. The summed E-state index contributed by atoms with van der Waals surface area (Å²) in [5, 5.41) is 0.576. The molecule has 0 saturated heterocycles. The first-order valence-electron chi connectivity index (χ1n) is 10.6. The molecule has 0 amide bonds. The number of pyridine rings is 1. The third-order valence-corrected chi connectivity index (χ3v) is 5.55. The zero-order valence-corrected chi connectivity index (χ0v) is 20.7. The Morgan fingerprint density at radius 3 is 2.27 bits per heavy atom. The molecule has 0 fully saturated rings. The van der Waals surface area contributed by atoms with Gasteiger partial charge in [-0.2, -0.15) is 0 Å². The van der Waals surface area contributed by atoms with Crippen molar-refractivity contribution in [2.45, 2.75) is 53.1 Å². The predicted octanol–water partition coefficient (Wildman–Crippen LogP) is 6.26. The van der Waals surface area contributed by atoms with Crippen LogP contribution in [0.1, 0.15) is 53.0 Å². The van der Waals surface area contributed by atoms with Crippen molar-refractivity contribution < 1.29 is 18.7 Å². The monoisotopic (exact) mass is 473 g/mol. The molecule has 2 aromatic carbocycles. The third-order valence-electron chi connectivity index (χ3n) is 5.25. The second kappa shape index (κ2) is 8.82. The van der Waals surface area contributed by atoms with E-state index in [1.54, 1.807) is 62.9 Å². The quantitative estimate of drug-likeness (QED) is 0.419. The van der Waals surface area contributed by atoms with E-state index in [0.29, 0.717) is 22.0 Å². The number of methoxy groups -OCH3 is 1. The Kier molecular flexibility index (Phi) is 6.62. The second-order valence-electron chi connectivity index (χ2n) is 10.1. The van der Waals surface area contributed by atoms with Gasteiger partial charge >= 0.3 is 5.97 Å². The van der Waals surface area contributed by atoms with Gasteiger partial charge in [0, 0.05) is 29.3 Å². The summed E-state index contributed by atoms with van der Waals surface area (Å²) in [6.45, 7) is 10.9. The molecule has 176 valence electrons. The molecule has 0 spiro atoms. The highest BCUT2D eigenvalue weighted by Crippen LogP contribution is 2.40. The van der Waals surface area contributed by atoms with Crippen molar-refractivity contribution in [2.75, 3.05) is 7.11 Å². The number of esters is 1. The van der Waals surface area contributed by atoms with Crippen LogP contribution in [-0.2, 0) is 9.53 Å². The molecule has 1 atom stereocenters. The fraction of sp³-hybridized carbons (Fsp3) is 0.385. The van der Waals surface area contributed by atoms with Crippen LogP contribution in [0, 0.1) is 11.2 Å². The fourth-order valence-corrected chi connectivity index (χ4v) is 4.10. The number of hydrogen-bond donors (Lipinski definition) is 0. The van der Waals surface area contributed by atoms with Gasteiger partial charge in [0.15, 0.2) is 5.43 Å². The van der Waals surface area contributed by atoms with Crippen LogP contribution in [0.2, 0.25) is 5.02 Å². The average Bonchev–Trinajstić information content (AvgIpc) is 2.67. The molecule has 5 nitrogen and oxygen atoms in total. The van der Waals surface area contributed by atoms with Gasteiger partial charge in [-0.1, -0.05) is 32.4 Å². The maximum Gasteiger partial charge on any atom is 0.314 e. The molecule has 1 heterocycles. The Morgan fingerprint density at radius 2 is 1.73 bits per heavy atom. The van der Waals surface area contributed by atoms with Gasteiger partial charge in [0.05, 0.1) is 29.3 Å². The van der Waals surface area contributed by atoms with E-state index >= 15 is 4.39 Å². The van der Waals surface area contributed by atoms with Crippen molar-refractivity contribution in [2.24, 2.45) is 5.41 Å². The number of rotatable bonds is 4. The van der Waals surface area contributed by atoms with E-state index in [1.165, 1.54) is 12.1 Å². The molecule has 0 N–H and O–H groups in total. The summed E-state index contributed by atoms with van der Waals surface area (Å²) in [7, 11) is 1.54. The summed E-state index contributed by atoms with van der Waals surface area (Å²) < 4.78 is 27.9. The molecule has 3 aromatic rings. The molecule has 0 radical (unpaired) electrons. The lowest BCUT2D eigenvalue weighted by Crippen LogP contribution is -2.34. The Bertz CT molecular complexity index is 1270. The number of carbonyl (C=O) groups excluding carboxylic acids is 1. The minimum absolute atomic E-state index is 0.160. The van der Waals surface area contributed by atoms with Gasteiger partial charge in [0.25, 0.3) is 0 Å². The number of hydrogen-bond acceptors (Lipinski definition) is 4. The molecular formula is C26H29ClFNO4. The van der Waals surface area contributed by atoms with Crippen molar-refractivity contribution in [3.8, 4) is 11.4 Å². The Balaban J connectivity index is 2.30. The summed E-state index contributed by atoms with van der Waals surface area (Å²) in [5.74, 6) is -1.47. The number of aromatic nitrogens is 1. The zero-order valence-electron chi connectivity index (χ0n) is 20.0. The number of nitrogens with zero attached hydrogens (tertiary/aromatic N) is 1. The van der Waals surface area contributed by atoms with Crippen LogP contribution in [0.3, 0.4) is 0 Å². The summed E-state index contributed by atoms with van der Waals surface area (Å²) >= 11 is 6.48. The summed E-state index contributed by atoms with van der Waals surface area (Å²) in [6, 6.07) is 9.25. The van der Waals surface area contributed by atoms with E-state index in [2.05, 4.69) is 0 Å². The van der Waals surface area contributed by atoms with Crippen LogP contribution in [0.25, 0.3) is 16.6 Å². The van der Waals surface area contributed by atoms with Crippen molar-refractivity contribution in [1.29, 1.82) is 0 Å². The van der Waals surface area contributed by atoms with Crippen molar-refractivity contribution in [3.05, 3.63) is 69.2 Å². The molecule has 7 heteroatoms. The average molecular weight is 474 g/mol. The zero-order chi connectivity index (χ0) is 24.7. The fourth-order valence-electron chi connectivity index (χ4n) is 3.84. The molecule has 0 aliphatic carbocycles. The van der Waals surface area contributed by atoms with Crippen LogP contribution >= 0.6 is 11.6 Å². The van der Waals surface area contributed by atoms with Gasteiger partial charge in [0.2, 0.25) is 0 Å². The van der Waals surface area contributed by atoms with Crippen molar-refractivity contribution in [1.82, 2.24) is 4.57 Å². The molecule has 0 aliphatic heterocycles. The van der Waals surface area contributed by atoms with E-state index in [-0.39, 0.29) is 16.4 Å². The number of carbonyl (C=O) groups is 1. The highest BCUT2D eigenvalue weighted by Gasteiger charge is 2.38. The van der Waals surface area contributed by atoms with Crippen LogP contribution in [-0.4, -0.2) is 23.2 Å². The smallest absolute Gasteiger partial charge is 0.314 e. The topological polar surface area (TPSA) is 57.5 Å². The predicted molar refractivity (Wildman–Crippen MR) is 129 cm³/mol. The Labute approximate surface area is 198 Å². The highest BCUT2D eigenvalue weighted by atomic mass is 35.5. The molecule has 1 aromatic heterocycles. The minimum atomic E-state index is -0.892. The molecule has 0 aliphatic rings. The van der Waals surface area contributed by atoms with E-state index in [4.69, 9.17) is 21.1 Å². The first kappa shape index (κ1) is 24.8. The lowest BCUT2D eigenvalue weighted by atomic mass is 9.76. The molecule has 0 bridgehead atoms. The summed E-state index contributed by atoms with van der Waals surface area (Å²) in [5.41, 5.74) is -0.524. The van der Waals surface area contributed by atoms with E-state index in [1.807, 2.05) is 20.8 Å². The normalized spacial score (nSPS) is 13.1. The van der Waals surface area contributed by atoms with Gasteiger partial charge in [0.1, 0.15) is 17.2 Å². The van der Waals surface area contributed by atoms with E-state index in [0.717, 1.165) is 0 Å². The number of ether oxygens (including phenoxy) is 2. The van der Waals surface area contributed by atoms with E-state index < -0.39 is 28.7 Å². The summed E-state index contributed by atoms with van der Waals surface area (Å²) in [4.78, 5) is 25.7. The first-order valence-corrected chi connectivity index (χ1v) is 11.0. The SMILES string of the molecule is COc1ccc(-n2ccc(=O)c3cc(F)c(C(C(=O)OC(C)(C)C)C(C)(C)C)cc32)c(Cl)c1. The van der Waals surface area contributed by atoms with Gasteiger partial charge in [-0.05, 0) is 50.5 Å². The Hall–Kier alpha value is -2.86. The molecule has 0 saturated carbocycles. The number of fused-ring (bicyclic) bond motifs is 1. The molecule has 1 unspecified atom stereocenters. The second-order valence-corrected chi connectivity index (χ2v) is 10.5. The lowest BCUT2D eigenvalue weighted by molar-refractivity contribution is -0.159. The molecule has 3 rings (SSSR count). The largest absolute Gasteiger partial charge is 0.497 e. The van der Waals surface area contributed by atoms with Crippen molar-refractivity contribution >= 4 is 28.5 Å². The molecular weight excluding hydrogens is 445 g/mol. The molecule has 33 heavy (non-hydrogen) atoms. The van der Waals surface area contributed by atoms with Crippen molar-refractivity contribution in [3.63, 3.8) is 0 Å². The van der Waals surface area contributed by atoms with E-state index in [9.17, 15) is 9.59 Å². The van der Waals surface area contributed by atoms with Crippen LogP contribution < -0.4 is 10.2 Å². The van der Waals surface area contributed by atoms with Gasteiger partial charge in [-0.15, -0.1) is 0 Å². The van der Waals surface area contributed by atoms with Gasteiger partial charge < -0.3 is 14.0 Å². The van der Waals surface area contributed by atoms with Crippen LogP contribution in [0.4, 0.5) is 4.39 Å². The first-order chi connectivity index (χ1) is 15.2. The third kappa shape index (κ3) is 5.22.